The summed E-state index contributed by atoms with van der Waals surface area (Å²) in [6, 6.07) is 28.1. The topological polar surface area (TPSA) is 211 Å². The van der Waals surface area contributed by atoms with Crippen LogP contribution in [0.15, 0.2) is 114 Å². The minimum Gasteiger partial charge on any atom is -0.507 e. The molecule has 1 aliphatic carbocycles. The molecule has 6 aromatic rings. The average Bonchev–Trinajstić information content (AvgIpc) is 3.16. The molecule has 0 amide bonds. The number of aliphatic hydroxyl groups is 1. The number of aromatic hydroxyl groups is 4. The summed E-state index contributed by atoms with van der Waals surface area (Å²) in [5.74, 6) is -0.495. The lowest BCUT2D eigenvalue weighted by Gasteiger charge is -2.19. The molecule has 1 heterocycles. The van der Waals surface area contributed by atoms with Gasteiger partial charge in [0.1, 0.15) is 23.0 Å². The van der Waals surface area contributed by atoms with E-state index in [0.717, 1.165) is 23.4 Å². The van der Waals surface area contributed by atoms with Crippen LogP contribution in [0.5, 0.6) is 23.0 Å². The van der Waals surface area contributed by atoms with Crippen molar-refractivity contribution in [2.75, 3.05) is 0 Å². The molecule has 6 N–H and O–H groups in total. The number of pyridine rings is 1. The van der Waals surface area contributed by atoms with Gasteiger partial charge in [0.25, 0.3) is 10.1 Å². The smallest absolute Gasteiger partial charge is 0.425 e. The highest BCUT2D eigenvalue weighted by Crippen LogP contribution is 2.39. The Balaban J connectivity index is 0.00000127. The van der Waals surface area contributed by atoms with Gasteiger partial charge in [-0.25, -0.2) is 0 Å². The van der Waals surface area contributed by atoms with Gasteiger partial charge >= 0.3 is 10.6 Å². The highest BCUT2D eigenvalue weighted by Gasteiger charge is 2.23. The van der Waals surface area contributed by atoms with Gasteiger partial charge in [0.05, 0.1) is 11.5 Å². The van der Waals surface area contributed by atoms with Crippen LogP contribution >= 0.6 is 0 Å². The number of para-hydroxylation sites is 2. The van der Waals surface area contributed by atoms with Crippen LogP contribution < -0.4 is 4.57 Å². The van der Waals surface area contributed by atoms with E-state index in [1.54, 1.807) is 42.5 Å². The molecule has 0 spiro atoms. The number of benzene rings is 5. The van der Waals surface area contributed by atoms with E-state index in [-0.39, 0.29) is 66.4 Å². The molecule has 286 valence electrons. The lowest BCUT2D eigenvalue weighted by molar-refractivity contribution is -0.595. The summed E-state index contributed by atoms with van der Waals surface area (Å²) in [5, 5.41) is 56.1. The van der Waals surface area contributed by atoms with Crippen LogP contribution in [-0.2, 0) is 53.0 Å². The zero-order valence-electron chi connectivity index (χ0n) is 29.6. The van der Waals surface area contributed by atoms with E-state index in [9.17, 15) is 38.5 Å². The van der Waals surface area contributed by atoms with Crippen molar-refractivity contribution < 1.29 is 55.7 Å². The zero-order valence-corrected chi connectivity index (χ0v) is 31.2. The molecule has 12 nitrogen and oxygen atoms in total. The number of phenolic OH excluding ortho intramolecular Hbond substituents is 4. The van der Waals surface area contributed by atoms with Crippen molar-refractivity contribution in [1.29, 1.82) is 0 Å². The minimum atomic E-state index is -4.73. The van der Waals surface area contributed by atoms with Crippen molar-refractivity contribution in [3.05, 3.63) is 171 Å². The molecule has 8 bridgehead atoms. The Kier molecular flexibility index (Phi) is 11.7. The van der Waals surface area contributed by atoms with E-state index in [1.807, 2.05) is 71.6 Å². The third-order valence-electron chi connectivity index (χ3n) is 9.44. The van der Waals surface area contributed by atoms with Gasteiger partial charge in [-0.15, -0.1) is 12.6 Å². The molecule has 0 radical (unpaired) electrons. The Morgan fingerprint density at radius 3 is 1.43 bits per heavy atom. The molecule has 1 aliphatic rings. The normalized spacial score (nSPS) is 12.5. The predicted molar refractivity (Wildman–Crippen MR) is 206 cm³/mol. The first-order valence-corrected chi connectivity index (χ1v) is 19.6. The molecule has 5 aromatic carbocycles. The number of aromatic nitrogens is 1. The van der Waals surface area contributed by atoms with Gasteiger partial charge in [-0.1, -0.05) is 48.6 Å². The molecule has 0 atom stereocenters. The monoisotopic (exact) mass is 794 g/mol. The predicted octanol–water partition coefficient (Wildman–Crippen LogP) is 5.37. The molecule has 56 heavy (non-hydrogen) atoms. The maximum atomic E-state index is 12.4. The second kappa shape index (κ2) is 16.6. The Morgan fingerprint density at radius 1 is 0.554 bits per heavy atom. The molecule has 0 saturated heterocycles. The fraction of sp³-hybridized carbons (Fsp3) is 0.119. The third kappa shape index (κ3) is 9.13. The van der Waals surface area contributed by atoms with Crippen molar-refractivity contribution in [3.63, 3.8) is 0 Å². The van der Waals surface area contributed by atoms with Crippen LogP contribution in [0.4, 0.5) is 0 Å². The molecule has 7 rings (SSSR count). The minimum absolute atomic E-state index is 0.00325. The fourth-order valence-corrected chi connectivity index (χ4v) is 7.34. The van der Waals surface area contributed by atoms with Gasteiger partial charge < -0.3 is 25.5 Å². The molecular formula is C42H36NO11S2+. The lowest BCUT2D eigenvalue weighted by atomic mass is 9.90. The summed E-state index contributed by atoms with van der Waals surface area (Å²) in [5.41, 5.74) is 5.92. The molecule has 0 saturated carbocycles. The van der Waals surface area contributed by atoms with Gasteiger partial charge in [0.2, 0.25) is 5.69 Å². The summed E-state index contributed by atoms with van der Waals surface area (Å²) >= 11 is 0. The Morgan fingerprint density at radius 2 is 0.964 bits per heavy atom. The summed E-state index contributed by atoms with van der Waals surface area (Å²) in [7, 11) is -7.84. The second-order valence-electron chi connectivity index (χ2n) is 13.2. The van der Waals surface area contributed by atoms with E-state index >= 15 is 0 Å². The van der Waals surface area contributed by atoms with Crippen molar-refractivity contribution in [2.45, 2.75) is 37.2 Å². The van der Waals surface area contributed by atoms with Crippen molar-refractivity contribution >= 4 is 32.9 Å². The van der Waals surface area contributed by atoms with Gasteiger partial charge in [-0.3, -0.25) is 4.55 Å². The summed E-state index contributed by atoms with van der Waals surface area (Å²) in [6.45, 7) is -0.350. The first-order chi connectivity index (χ1) is 26.7. The molecule has 1 aromatic heterocycles. The highest BCUT2D eigenvalue weighted by atomic mass is 32.2. The van der Waals surface area contributed by atoms with E-state index in [0.29, 0.717) is 44.5 Å². The molecule has 0 aliphatic heterocycles. The first-order valence-electron chi connectivity index (χ1n) is 17.1. The van der Waals surface area contributed by atoms with Crippen molar-refractivity contribution in [2.24, 2.45) is 0 Å². The maximum Gasteiger partial charge on any atom is 0.425 e. The quantitative estimate of drug-likeness (QED) is 0.0964. The first kappa shape index (κ1) is 39.4. The van der Waals surface area contributed by atoms with Crippen LogP contribution in [0, 0.1) is 0 Å². The van der Waals surface area contributed by atoms with Gasteiger partial charge in [-0.05, 0) is 86.5 Å². The van der Waals surface area contributed by atoms with E-state index < -0.39 is 25.6 Å². The summed E-state index contributed by atoms with van der Waals surface area (Å²) in [6.07, 6.45) is 7.67. The van der Waals surface area contributed by atoms with Gasteiger partial charge in [0, 0.05) is 61.1 Å². The zero-order chi connectivity index (χ0) is 40.1. The molecule has 0 fully saturated rings. The van der Waals surface area contributed by atoms with Crippen molar-refractivity contribution in [3.8, 4) is 28.7 Å². The number of hydrogen-bond acceptors (Lipinski definition) is 10. The van der Waals surface area contributed by atoms with Gasteiger partial charge in [0.15, 0.2) is 12.4 Å². The van der Waals surface area contributed by atoms with E-state index in [2.05, 4.69) is 0 Å². The Labute approximate surface area is 324 Å². The van der Waals surface area contributed by atoms with Crippen molar-refractivity contribution in [1.82, 2.24) is 0 Å². The molecule has 14 heteroatoms. The van der Waals surface area contributed by atoms with Gasteiger partial charge in [-0.2, -0.15) is 13.0 Å². The largest absolute Gasteiger partial charge is 0.507 e. The fourth-order valence-electron chi connectivity index (χ4n) is 6.76. The highest BCUT2D eigenvalue weighted by molar-refractivity contribution is 7.85. The van der Waals surface area contributed by atoms with Crippen LogP contribution in [-0.4, -0.2) is 51.1 Å². The standard InChI is InChI=1S/C42H35NO8S.O3S/c44-25-28-17-33-20-30-6-4-5-29(39(30)45)19-31-15-27(10-9-26-11-13-43(14-12-26)37-7-2-1-3-8-37)16-32(40(31)46)21-35-23-38(52(49,50)51)24-36(42(35)48)22-34(18-28)41(33)47;1-4(2)3/h1-18,23-24,44H,19-22,25H2,(H4,45,47,48,49,50,51);/p+1. The number of phenols is 4. The second-order valence-corrected chi connectivity index (χ2v) is 15.0. The Bertz CT molecular complexity index is 2690. The summed E-state index contributed by atoms with van der Waals surface area (Å²) < 4.78 is 62.3. The third-order valence-corrected chi connectivity index (χ3v) is 10.3. The average molecular weight is 795 g/mol. The lowest BCUT2D eigenvalue weighted by Crippen LogP contribution is -2.28. The van der Waals surface area contributed by atoms with Crippen LogP contribution in [0.3, 0.4) is 0 Å². The number of aliphatic hydroxyl groups excluding tert-OH is 1. The number of fused-ring (bicyclic) bond motifs is 8. The summed E-state index contributed by atoms with van der Waals surface area (Å²) in [4.78, 5) is -0.457. The number of hydrogen-bond donors (Lipinski definition) is 6. The van der Waals surface area contributed by atoms with E-state index in [1.165, 1.54) is 0 Å². The van der Waals surface area contributed by atoms with E-state index in [4.69, 9.17) is 12.6 Å². The number of rotatable bonds is 5. The van der Waals surface area contributed by atoms with Crippen LogP contribution in [0.2, 0.25) is 0 Å². The number of nitrogens with zero attached hydrogens (tertiary/aromatic N) is 1. The Hall–Kier alpha value is -6.32. The maximum absolute atomic E-state index is 12.4. The molecule has 0 unspecified atom stereocenters. The molecular weight excluding hydrogens is 759 g/mol. The van der Waals surface area contributed by atoms with Crippen LogP contribution in [0.1, 0.15) is 61.2 Å². The van der Waals surface area contributed by atoms with Crippen LogP contribution in [0.25, 0.3) is 17.8 Å². The SMILES string of the molecule is O=S(=O)(O)c1cc2c(O)c(c1)Cc1cc(CO)cc(c1O)Cc1cccc(c1O)Cc1cc(/C=C/c3cc[n+](-c4ccccc4)cc3)cc(c1O)C2.O=S(=O)=O.